The van der Waals surface area contributed by atoms with E-state index in [-0.39, 0.29) is 17.7 Å². The molecule has 0 unspecified atom stereocenters. The number of amides is 2. The van der Waals surface area contributed by atoms with Crippen LogP contribution in [0.2, 0.25) is 0 Å². The SMILES string of the molecule is O=C(Nc1ccc(N2CCOCC2)nc1)c1cc2ccccc2cc1NC(=O)C1CC1. The zero-order valence-corrected chi connectivity index (χ0v) is 17.1. The number of anilines is 3. The number of aromatic nitrogens is 1. The van der Waals surface area contributed by atoms with Crippen molar-refractivity contribution >= 4 is 39.8 Å². The van der Waals surface area contributed by atoms with E-state index in [1.807, 2.05) is 48.5 Å². The Kier molecular flexibility index (Phi) is 5.26. The van der Waals surface area contributed by atoms with Gasteiger partial charge in [0, 0.05) is 19.0 Å². The maximum atomic E-state index is 13.1. The van der Waals surface area contributed by atoms with E-state index in [0.29, 0.717) is 30.2 Å². The summed E-state index contributed by atoms with van der Waals surface area (Å²) in [4.78, 5) is 32.1. The van der Waals surface area contributed by atoms with Crippen molar-refractivity contribution in [1.82, 2.24) is 4.98 Å². The van der Waals surface area contributed by atoms with Gasteiger partial charge in [0.1, 0.15) is 5.82 Å². The summed E-state index contributed by atoms with van der Waals surface area (Å²) in [6.45, 7) is 2.99. The lowest BCUT2D eigenvalue weighted by atomic mass is 10.0. The van der Waals surface area contributed by atoms with E-state index in [4.69, 9.17) is 4.74 Å². The molecule has 2 fully saturated rings. The minimum Gasteiger partial charge on any atom is -0.378 e. The Balaban J connectivity index is 1.38. The molecule has 158 valence electrons. The van der Waals surface area contributed by atoms with Gasteiger partial charge in [-0.1, -0.05) is 24.3 Å². The summed E-state index contributed by atoms with van der Waals surface area (Å²) in [7, 11) is 0. The van der Waals surface area contributed by atoms with Crippen molar-refractivity contribution in [3.63, 3.8) is 0 Å². The number of hydrogen-bond acceptors (Lipinski definition) is 5. The maximum absolute atomic E-state index is 13.1. The third kappa shape index (κ3) is 4.36. The lowest BCUT2D eigenvalue weighted by Gasteiger charge is -2.27. The van der Waals surface area contributed by atoms with Crippen LogP contribution in [-0.2, 0) is 9.53 Å². The fraction of sp³-hybridized carbons (Fsp3) is 0.292. The molecule has 2 amide bonds. The smallest absolute Gasteiger partial charge is 0.257 e. The number of carbonyl (C=O) groups is 2. The second kappa shape index (κ2) is 8.35. The lowest BCUT2D eigenvalue weighted by molar-refractivity contribution is -0.117. The van der Waals surface area contributed by atoms with Gasteiger partial charge >= 0.3 is 0 Å². The van der Waals surface area contributed by atoms with Gasteiger partial charge in [-0.2, -0.15) is 0 Å². The molecule has 5 rings (SSSR count). The minimum atomic E-state index is -0.280. The van der Waals surface area contributed by atoms with Crippen molar-refractivity contribution in [1.29, 1.82) is 0 Å². The predicted molar refractivity (Wildman–Crippen MR) is 121 cm³/mol. The van der Waals surface area contributed by atoms with E-state index in [1.54, 1.807) is 6.20 Å². The van der Waals surface area contributed by atoms with Crippen LogP contribution in [0.15, 0.2) is 54.7 Å². The average molecular weight is 416 g/mol. The molecule has 1 aromatic heterocycles. The second-order valence-electron chi connectivity index (χ2n) is 7.97. The lowest BCUT2D eigenvalue weighted by Crippen LogP contribution is -2.36. The molecule has 3 aromatic rings. The van der Waals surface area contributed by atoms with Crippen LogP contribution in [0.5, 0.6) is 0 Å². The molecule has 0 atom stereocenters. The number of rotatable bonds is 5. The molecule has 2 aliphatic rings. The van der Waals surface area contributed by atoms with Gasteiger partial charge in [-0.15, -0.1) is 0 Å². The van der Waals surface area contributed by atoms with E-state index in [0.717, 1.165) is 42.5 Å². The molecule has 1 saturated heterocycles. The van der Waals surface area contributed by atoms with Crippen molar-refractivity contribution in [3.8, 4) is 0 Å². The van der Waals surface area contributed by atoms with Crippen LogP contribution in [-0.4, -0.2) is 43.1 Å². The number of nitrogens with one attached hydrogen (secondary N) is 2. The van der Waals surface area contributed by atoms with Gasteiger partial charge in [-0.25, -0.2) is 4.98 Å². The molecular weight excluding hydrogens is 392 g/mol. The third-order valence-corrected chi connectivity index (χ3v) is 5.68. The van der Waals surface area contributed by atoms with Crippen LogP contribution in [0.4, 0.5) is 17.2 Å². The zero-order chi connectivity index (χ0) is 21.2. The van der Waals surface area contributed by atoms with E-state index in [2.05, 4.69) is 20.5 Å². The van der Waals surface area contributed by atoms with E-state index in [1.165, 1.54) is 0 Å². The standard InChI is InChI=1S/C24H24N4O3/c29-23(16-5-6-16)27-21-14-18-4-2-1-3-17(18)13-20(21)24(30)26-19-7-8-22(25-15-19)28-9-11-31-12-10-28/h1-4,7-8,13-16H,5-6,9-12H2,(H,26,30)(H,27,29). The first-order chi connectivity index (χ1) is 15.2. The molecule has 2 heterocycles. The Labute approximate surface area is 180 Å². The summed E-state index contributed by atoms with van der Waals surface area (Å²) in [6.07, 6.45) is 3.47. The predicted octanol–water partition coefficient (Wildman–Crippen LogP) is 3.67. The van der Waals surface area contributed by atoms with Gasteiger partial charge in [0.25, 0.3) is 5.91 Å². The Morgan fingerprint density at radius 2 is 1.71 bits per heavy atom. The molecule has 7 heteroatoms. The maximum Gasteiger partial charge on any atom is 0.257 e. The third-order valence-electron chi connectivity index (χ3n) is 5.68. The number of ether oxygens (including phenoxy) is 1. The number of pyridine rings is 1. The summed E-state index contributed by atoms with van der Waals surface area (Å²) in [6, 6.07) is 15.2. The monoisotopic (exact) mass is 416 g/mol. The van der Waals surface area contributed by atoms with Crippen LogP contribution in [0.3, 0.4) is 0 Å². The summed E-state index contributed by atoms with van der Waals surface area (Å²) in [5, 5.41) is 7.78. The number of carbonyl (C=O) groups excluding carboxylic acids is 2. The first-order valence-corrected chi connectivity index (χ1v) is 10.6. The van der Waals surface area contributed by atoms with Gasteiger partial charge in [-0.05, 0) is 47.9 Å². The summed E-state index contributed by atoms with van der Waals surface area (Å²) >= 11 is 0. The molecule has 2 aromatic carbocycles. The van der Waals surface area contributed by atoms with Crippen LogP contribution in [0, 0.1) is 5.92 Å². The first-order valence-electron chi connectivity index (χ1n) is 10.6. The van der Waals surface area contributed by atoms with Gasteiger partial charge in [0.05, 0.1) is 36.3 Å². The highest BCUT2D eigenvalue weighted by molar-refractivity contribution is 6.13. The average Bonchev–Trinajstić information content (AvgIpc) is 3.65. The Hall–Kier alpha value is -3.45. The largest absolute Gasteiger partial charge is 0.378 e. The molecule has 31 heavy (non-hydrogen) atoms. The Bertz CT molecular complexity index is 1120. The molecule has 0 spiro atoms. The van der Waals surface area contributed by atoms with Gasteiger partial charge in [0.15, 0.2) is 0 Å². The van der Waals surface area contributed by atoms with Crippen LogP contribution in [0.1, 0.15) is 23.2 Å². The Morgan fingerprint density at radius 3 is 2.39 bits per heavy atom. The van der Waals surface area contributed by atoms with Crippen LogP contribution in [0.25, 0.3) is 10.8 Å². The van der Waals surface area contributed by atoms with Crippen LogP contribution < -0.4 is 15.5 Å². The van der Waals surface area contributed by atoms with Gasteiger partial charge < -0.3 is 20.3 Å². The molecule has 0 radical (unpaired) electrons. The number of morpholine rings is 1. The normalized spacial score (nSPS) is 16.2. The van der Waals surface area contributed by atoms with E-state index in [9.17, 15) is 9.59 Å². The van der Waals surface area contributed by atoms with Crippen molar-refractivity contribution < 1.29 is 14.3 Å². The quantitative estimate of drug-likeness (QED) is 0.663. The molecular formula is C24H24N4O3. The van der Waals surface area contributed by atoms with Crippen molar-refractivity contribution in [2.45, 2.75) is 12.8 Å². The fourth-order valence-corrected chi connectivity index (χ4v) is 3.75. The number of nitrogens with zero attached hydrogens (tertiary/aromatic N) is 2. The second-order valence-corrected chi connectivity index (χ2v) is 7.97. The molecule has 1 saturated carbocycles. The van der Waals surface area contributed by atoms with Gasteiger partial charge in [-0.3, -0.25) is 9.59 Å². The first kappa shape index (κ1) is 19.5. The molecule has 7 nitrogen and oxygen atoms in total. The number of hydrogen-bond donors (Lipinski definition) is 2. The van der Waals surface area contributed by atoms with Gasteiger partial charge in [0.2, 0.25) is 5.91 Å². The summed E-state index contributed by atoms with van der Waals surface area (Å²) in [5.41, 5.74) is 1.57. The highest BCUT2D eigenvalue weighted by atomic mass is 16.5. The van der Waals surface area contributed by atoms with Crippen molar-refractivity contribution in [3.05, 3.63) is 60.3 Å². The summed E-state index contributed by atoms with van der Waals surface area (Å²) < 4.78 is 5.38. The van der Waals surface area contributed by atoms with E-state index < -0.39 is 0 Å². The number of benzene rings is 2. The fourth-order valence-electron chi connectivity index (χ4n) is 3.75. The summed E-state index contributed by atoms with van der Waals surface area (Å²) in [5.74, 6) is 0.613. The molecule has 0 bridgehead atoms. The Morgan fingerprint density at radius 1 is 0.968 bits per heavy atom. The zero-order valence-electron chi connectivity index (χ0n) is 17.1. The van der Waals surface area contributed by atoms with Crippen molar-refractivity contribution in [2.75, 3.05) is 41.8 Å². The molecule has 1 aliphatic carbocycles. The van der Waals surface area contributed by atoms with Crippen molar-refractivity contribution in [2.24, 2.45) is 5.92 Å². The highest BCUT2D eigenvalue weighted by Crippen LogP contribution is 2.32. The number of fused-ring (bicyclic) bond motifs is 1. The topological polar surface area (TPSA) is 83.6 Å². The highest BCUT2D eigenvalue weighted by Gasteiger charge is 2.30. The molecule has 2 N–H and O–H groups in total. The van der Waals surface area contributed by atoms with E-state index >= 15 is 0 Å². The molecule has 1 aliphatic heterocycles. The minimum absolute atomic E-state index is 0.0270. The van der Waals surface area contributed by atoms with Crippen LogP contribution >= 0.6 is 0 Å².